The van der Waals surface area contributed by atoms with Crippen molar-refractivity contribution in [1.82, 2.24) is 4.90 Å². The van der Waals surface area contributed by atoms with Crippen LogP contribution in [0.25, 0.3) is 5.76 Å². The van der Waals surface area contributed by atoms with Gasteiger partial charge in [-0.15, -0.1) is 0 Å². The summed E-state index contributed by atoms with van der Waals surface area (Å²) in [6, 6.07) is 0.316. The van der Waals surface area contributed by atoms with Gasteiger partial charge in [-0.1, -0.05) is 0 Å². The van der Waals surface area contributed by atoms with E-state index in [9.17, 15) is 34.8 Å². The Kier molecular flexibility index (Phi) is 5.29. The molecule has 7 N–H and O–H groups in total. The fourth-order valence-electron chi connectivity index (χ4n) is 5.63. The number of carbonyl (C=O) groups is 3. The lowest BCUT2D eigenvalue weighted by Crippen LogP contribution is -2.67. The van der Waals surface area contributed by atoms with Crippen LogP contribution >= 0.6 is 0 Å². The maximum atomic E-state index is 13.7. The van der Waals surface area contributed by atoms with Crippen LogP contribution in [0.3, 0.4) is 0 Å². The van der Waals surface area contributed by atoms with E-state index in [0.29, 0.717) is 11.8 Å². The van der Waals surface area contributed by atoms with Gasteiger partial charge in [0, 0.05) is 17.1 Å². The van der Waals surface area contributed by atoms with E-state index in [2.05, 4.69) is 0 Å². The molecule has 180 valence electrons. The molecule has 0 spiro atoms. The van der Waals surface area contributed by atoms with Gasteiger partial charge in [0.15, 0.2) is 11.9 Å². The number of aliphatic hydroxyl groups is 3. The largest absolute Gasteiger partial charge is 0.510 e. The molecule has 0 bridgehead atoms. The molecule has 11 heteroatoms. The van der Waals surface area contributed by atoms with Crippen molar-refractivity contribution in [3.63, 3.8) is 0 Å². The first-order chi connectivity index (χ1) is 15.9. The van der Waals surface area contributed by atoms with Crippen molar-refractivity contribution < 1.29 is 39.5 Å². The first kappa shape index (κ1) is 23.5. The van der Waals surface area contributed by atoms with Gasteiger partial charge in [-0.05, 0) is 38.9 Å². The summed E-state index contributed by atoms with van der Waals surface area (Å²) in [4.78, 5) is 38.7. The van der Waals surface area contributed by atoms with E-state index >= 15 is 0 Å². The number of ether oxygens (including phenoxy) is 1. The molecule has 1 amide bonds. The number of aromatic hydroxyl groups is 1. The number of carbonyl (C=O) groups excluding carboxylic acids is 3. The van der Waals surface area contributed by atoms with Crippen molar-refractivity contribution in [2.24, 2.45) is 17.6 Å². The molecule has 34 heavy (non-hydrogen) atoms. The minimum absolute atomic E-state index is 0.0434. The topological polar surface area (TPSA) is 194 Å². The van der Waals surface area contributed by atoms with Gasteiger partial charge in [0.05, 0.1) is 30.0 Å². The number of nitrogens with two attached hydrogens (primary N) is 1. The van der Waals surface area contributed by atoms with Crippen LogP contribution in [-0.2, 0) is 16.0 Å². The molecule has 4 rings (SSSR count). The maximum absolute atomic E-state index is 13.7. The van der Waals surface area contributed by atoms with Crippen LogP contribution in [0.1, 0.15) is 27.9 Å². The fourth-order valence-corrected chi connectivity index (χ4v) is 5.63. The van der Waals surface area contributed by atoms with Gasteiger partial charge in [0.25, 0.3) is 5.91 Å². The minimum atomic E-state index is -2.56. The highest BCUT2D eigenvalue weighted by molar-refractivity contribution is 6.34. The van der Waals surface area contributed by atoms with E-state index in [1.54, 1.807) is 14.1 Å². The van der Waals surface area contributed by atoms with E-state index in [-0.39, 0.29) is 35.3 Å². The number of hydrogen-bond acceptors (Lipinski definition) is 10. The summed E-state index contributed by atoms with van der Waals surface area (Å²) in [5.74, 6) is -5.39. The second-order valence-corrected chi connectivity index (χ2v) is 9.00. The molecule has 3 aliphatic carbocycles. The first-order valence-electron chi connectivity index (χ1n) is 10.5. The summed E-state index contributed by atoms with van der Waals surface area (Å²) in [5.41, 5.74) is 1.10. The quantitative estimate of drug-likeness (QED) is 0.333. The number of amides is 1. The highest BCUT2D eigenvalue weighted by atomic mass is 16.5. The van der Waals surface area contributed by atoms with E-state index in [1.165, 1.54) is 18.1 Å². The summed E-state index contributed by atoms with van der Waals surface area (Å²) < 4.78 is 5.35. The second-order valence-electron chi connectivity index (χ2n) is 9.00. The number of primary amides is 1. The molecule has 0 aromatic heterocycles. The Hall–Kier alpha value is -3.70. The molecule has 0 unspecified atom stereocenters. The van der Waals surface area contributed by atoms with Crippen molar-refractivity contribution in [3.8, 4) is 11.5 Å². The molecule has 1 saturated carbocycles. The lowest BCUT2D eigenvalue weighted by molar-refractivity contribution is -0.138. The van der Waals surface area contributed by atoms with Crippen LogP contribution in [0, 0.1) is 17.2 Å². The number of likely N-dealkylation sites (N-methyl/N-ethyl adjacent to an activating group) is 1. The molecular formula is C23H25N3O8. The Morgan fingerprint density at radius 2 is 1.97 bits per heavy atom. The van der Waals surface area contributed by atoms with Crippen LogP contribution in [-0.4, -0.2) is 81.9 Å². The molecule has 1 fully saturated rings. The van der Waals surface area contributed by atoms with Gasteiger partial charge in [-0.2, -0.15) is 0 Å². The number of nitrogens with zero attached hydrogens (tertiary/aromatic N) is 1. The number of nitrogens with one attached hydrogen (secondary N) is 1. The normalized spacial score (nSPS) is 28.4. The molecule has 11 nitrogen and oxygen atoms in total. The smallest absolute Gasteiger partial charge is 0.254 e. The van der Waals surface area contributed by atoms with Gasteiger partial charge in [0.2, 0.25) is 5.78 Å². The Labute approximate surface area is 194 Å². The summed E-state index contributed by atoms with van der Waals surface area (Å²) in [6.07, 6.45) is 0.533. The third-order valence-corrected chi connectivity index (χ3v) is 7.11. The molecular weight excluding hydrogens is 446 g/mol. The molecule has 0 saturated heterocycles. The zero-order valence-electron chi connectivity index (χ0n) is 18.7. The Morgan fingerprint density at radius 1 is 1.32 bits per heavy atom. The number of rotatable bonds is 4. The number of ketones is 1. The van der Waals surface area contributed by atoms with Gasteiger partial charge >= 0.3 is 0 Å². The number of methoxy groups -OCH3 is 1. The lowest BCUT2D eigenvalue weighted by Gasteiger charge is -2.51. The molecule has 0 heterocycles. The Bertz CT molecular complexity index is 1230. The zero-order chi connectivity index (χ0) is 25.3. The van der Waals surface area contributed by atoms with E-state index in [0.717, 1.165) is 0 Å². The summed E-state index contributed by atoms with van der Waals surface area (Å²) >= 11 is 0. The van der Waals surface area contributed by atoms with Gasteiger partial charge < -0.3 is 36.3 Å². The van der Waals surface area contributed by atoms with Crippen LogP contribution in [0.2, 0.25) is 0 Å². The average molecular weight is 471 g/mol. The molecule has 0 radical (unpaired) electrons. The number of phenolic OH excluding ortho intramolecular Hbond substituents is 1. The van der Waals surface area contributed by atoms with Crippen LogP contribution in [0.4, 0.5) is 0 Å². The molecule has 3 aliphatic rings. The van der Waals surface area contributed by atoms with Crippen molar-refractivity contribution in [1.29, 1.82) is 5.41 Å². The number of phenols is 1. The van der Waals surface area contributed by atoms with Crippen molar-refractivity contribution in [3.05, 3.63) is 39.7 Å². The highest BCUT2D eigenvalue weighted by Gasteiger charge is 2.63. The predicted molar refractivity (Wildman–Crippen MR) is 119 cm³/mol. The predicted octanol–water partition coefficient (Wildman–Crippen LogP) is 0.236. The third kappa shape index (κ3) is 2.83. The Balaban J connectivity index is 1.99. The van der Waals surface area contributed by atoms with Crippen molar-refractivity contribution >= 4 is 29.4 Å². The summed E-state index contributed by atoms with van der Waals surface area (Å²) in [7, 11) is 4.53. The van der Waals surface area contributed by atoms with Gasteiger partial charge in [0.1, 0.15) is 28.6 Å². The fraction of sp³-hybridized carbons (Fsp3) is 0.391. The SMILES string of the molecule is COc1cc(C=O)c(O)c2c1C[C@H]1C[C@H]3[C@H](N(C)C)C(O)=C(C(N)=O)C(=N)[C@@]3(O)C(=O)C1=C2O. The maximum Gasteiger partial charge on any atom is 0.254 e. The van der Waals surface area contributed by atoms with Crippen LogP contribution in [0.15, 0.2) is 23.0 Å². The summed E-state index contributed by atoms with van der Waals surface area (Å²) in [5, 5.41) is 52.6. The second kappa shape index (κ2) is 7.67. The lowest BCUT2D eigenvalue weighted by atomic mass is 9.56. The van der Waals surface area contributed by atoms with Gasteiger partial charge in [-0.25, -0.2) is 0 Å². The number of benzene rings is 1. The molecule has 0 aliphatic heterocycles. The number of hydrogen-bond donors (Lipinski definition) is 6. The number of fused-ring (bicyclic) bond motifs is 3. The zero-order valence-corrected chi connectivity index (χ0v) is 18.7. The van der Waals surface area contributed by atoms with E-state index in [1.807, 2.05) is 0 Å². The van der Waals surface area contributed by atoms with E-state index < -0.39 is 63.7 Å². The first-order valence-corrected chi connectivity index (χ1v) is 10.5. The minimum Gasteiger partial charge on any atom is -0.510 e. The highest BCUT2D eigenvalue weighted by Crippen LogP contribution is 2.53. The van der Waals surface area contributed by atoms with E-state index in [4.69, 9.17) is 15.9 Å². The average Bonchev–Trinajstić information content (AvgIpc) is 2.76. The molecule has 1 aromatic rings. The van der Waals surface area contributed by atoms with Crippen molar-refractivity contribution in [2.45, 2.75) is 24.5 Å². The standard InChI is InChI=1S/C23H25N3O8/c1-26(2)16-11-5-8-4-10-12(34-3)6-9(7-27)17(28)14(10)18(29)13(8)21(31)23(11,33)20(24)15(19(16)30)22(25)32/h6-8,11,16,24,28-30,33H,4-5H2,1-3H3,(H2,25,32)/t8-,11-,16-,23+/m0/s1. The number of Topliss-reactive ketones (excluding diaryl/α,β-unsaturated/α-hetero) is 1. The number of aldehydes is 1. The molecule has 1 aromatic carbocycles. The molecule has 4 atom stereocenters. The summed E-state index contributed by atoms with van der Waals surface area (Å²) in [6.45, 7) is 0. The van der Waals surface area contributed by atoms with Crippen LogP contribution < -0.4 is 10.5 Å². The third-order valence-electron chi connectivity index (χ3n) is 7.11. The van der Waals surface area contributed by atoms with Gasteiger partial charge in [-0.3, -0.25) is 19.3 Å². The van der Waals surface area contributed by atoms with Crippen molar-refractivity contribution in [2.75, 3.05) is 21.2 Å². The Morgan fingerprint density at radius 3 is 2.50 bits per heavy atom. The monoisotopic (exact) mass is 471 g/mol. The number of aliphatic hydroxyl groups excluding tert-OH is 2. The van der Waals surface area contributed by atoms with Crippen LogP contribution in [0.5, 0.6) is 11.5 Å².